The minimum absolute atomic E-state index is 0.0782. The van der Waals surface area contributed by atoms with Crippen LogP contribution in [0.2, 0.25) is 0 Å². The Morgan fingerprint density at radius 2 is 1.78 bits per heavy atom. The number of H-pyrrole nitrogens is 1. The standard InChI is InChI=1S/C26H33N5O5/c1-6-18(7-2)28-24(33)22-14-27-25(36-22)17-10-8-9-16(12-17)19-13-20(31-30-19)23(32)29-21(11-15(3)4)26(34)35-5/h8-10,12-15,18,21H,6-7,11H2,1-5H3,(H,28,33)(H,29,32)(H,30,31)/t21-/m0/s1. The fourth-order valence-corrected chi connectivity index (χ4v) is 3.73. The summed E-state index contributed by atoms with van der Waals surface area (Å²) in [4.78, 5) is 41.4. The fraction of sp³-hybridized carbons (Fsp3) is 0.423. The predicted octanol–water partition coefficient (Wildman–Crippen LogP) is 3.97. The molecule has 0 saturated heterocycles. The summed E-state index contributed by atoms with van der Waals surface area (Å²) in [6, 6.07) is 8.21. The van der Waals surface area contributed by atoms with Gasteiger partial charge in [0.2, 0.25) is 11.7 Å². The molecule has 2 aromatic heterocycles. The van der Waals surface area contributed by atoms with Crippen molar-refractivity contribution in [3.05, 3.63) is 48.0 Å². The zero-order valence-corrected chi connectivity index (χ0v) is 21.3. The highest BCUT2D eigenvalue weighted by Gasteiger charge is 2.24. The van der Waals surface area contributed by atoms with Gasteiger partial charge in [0.05, 0.1) is 19.0 Å². The predicted molar refractivity (Wildman–Crippen MR) is 134 cm³/mol. The van der Waals surface area contributed by atoms with E-state index in [9.17, 15) is 14.4 Å². The molecule has 0 spiro atoms. The van der Waals surface area contributed by atoms with Crippen LogP contribution >= 0.6 is 0 Å². The van der Waals surface area contributed by atoms with Crippen LogP contribution < -0.4 is 10.6 Å². The molecule has 0 aliphatic heterocycles. The second-order valence-corrected chi connectivity index (χ2v) is 8.94. The van der Waals surface area contributed by atoms with Crippen LogP contribution in [0.15, 0.2) is 40.9 Å². The molecule has 0 aliphatic carbocycles. The van der Waals surface area contributed by atoms with E-state index >= 15 is 0 Å². The van der Waals surface area contributed by atoms with Gasteiger partial charge in [-0.2, -0.15) is 5.10 Å². The number of amides is 2. The van der Waals surface area contributed by atoms with Crippen LogP contribution in [0.4, 0.5) is 0 Å². The Balaban J connectivity index is 1.75. The fourth-order valence-electron chi connectivity index (χ4n) is 3.73. The van der Waals surface area contributed by atoms with Gasteiger partial charge in [0, 0.05) is 17.2 Å². The molecule has 0 saturated carbocycles. The molecule has 2 amide bonds. The van der Waals surface area contributed by atoms with Crippen molar-refractivity contribution >= 4 is 17.8 Å². The van der Waals surface area contributed by atoms with Gasteiger partial charge in [-0.25, -0.2) is 9.78 Å². The van der Waals surface area contributed by atoms with Crippen LogP contribution in [-0.2, 0) is 9.53 Å². The number of hydrogen-bond acceptors (Lipinski definition) is 7. The molecule has 0 bridgehead atoms. The van der Waals surface area contributed by atoms with Crippen LogP contribution in [0.5, 0.6) is 0 Å². The van der Waals surface area contributed by atoms with E-state index in [1.165, 1.54) is 13.3 Å². The molecule has 0 aliphatic rings. The number of aromatic amines is 1. The first-order valence-corrected chi connectivity index (χ1v) is 12.1. The Morgan fingerprint density at radius 1 is 1.06 bits per heavy atom. The number of aromatic nitrogens is 3. The molecule has 3 N–H and O–H groups in total. The highest BCUT2D eigenvalue weighted by molar-refractivity contribution is 5.96. The van der Waals surface area contributed by atoms with Gasteiger partial charge in [-0.3, -0.25) is 14.7 Å². The zero-order valence-electron chi connectivity index (χ0n) is 21.3. The molecule has 1 atom stereocenters. The van der Waals surface area contributed by atoms with E-state index in [4.69, 9.17) is 9.15 Å². The second-order valence-electron chi connectivity index (χ2n) is 8.94. The maximum atomic E-state index is 12.7. The Hall–Kier alpha value is -3.95. The number of rotatable bonds is 11. The summed E-state index contributed by atoms with van der Waals surface area (Å²) < 4.78 is 10.5. The lowest BCUT2D eigenvalue weighted by Gasteiger charge is -2.17. The summed E-state index contributed by atoms with van der Waals surface area (Å²) in [6.07, 6.45) is 3.52. The lowest BCUT2D eigenvalue weighted by atomic mass is 10.0. The van der Waals surface area contributed by atoms with Gasteiger partial charge in [0.25, 0.3) is 11.8 Å². The number of nitrogens with zero attached hydrogens (tertiary/aromatic N) is 2. The van der Waals surface area contributed by atoms with Gasteiger partial charge in [-0.05, 0) is 43.4 Å². The quantitative estimate of drug-likeness (QED) is 0.342. The average Bonchev–Trinajstić information content (AvgIpc) is 3.57. The van der Waals surface area contributed by atoms with Crippen molar-refractivity contribution in [2.45, 2.75) is 59.0 Å². The van der Waals surface area contributed by atoms with Crippen molar-refractivity contribution in [2.75, 3.05) is 7.11 Å². The van der Waals surface area contributed by atoms with Gasteiger partial charge >= 0.3 is 5.97 Å². The number of benzene rings is 1. The molecular formula is C26H33N5O5. The molecule has 2 heterocycles. The van der Waals surface area contributed by atoms with Gasteiger partial charge in [-0.15, -0.1) is 0 Å². The average molecular weight is 496 g/mol. The molecule has 192 valence electrons. The van der Waals surface area contributed by atoms with Crippen molar-refractivity contribution in [1.82, 2.24) is 25.8 Å². The van der Waals surface area contributed by atoms with Crippen LogP contribution in [0.25, 0.3) is 22.7 Å². The highest BCUT2D eigenvalue weighted by atomic mass is 16.5. The molecule has 0 unspecified atom stereocenters. The zero-order chi connectivity index (χ0) is 26.2. The van der Waals surface area contributed by atoms with Crippen molar-refractivity contribution < 1.29 is 23.5 Å². The summed E-state index contributed by atoms with van der Waals surface area (Å²) in [6.45, 7) is 7.94. The first-order valence-electron chi connectivity index (χ1n) is 12.1. The number of nitrogens with one attached hydrogen (secondary N) is 3. The van der Waals surface area contributed by atoms with E-state index in [0.29, 0.717) is 23.6 Å². The van der Waals surface area contributed by atoms with Crippen LogP contribution in [-0.4, -0.2) is 52.2 Å². The Labute approximate surface area is 210 Å². The molecule has 3 rings (SSSR count). The van der Waals surface area contributed by atoms with Gasteiger partial charge in [0.15, 0.2) is 5.69 Å². The molecule has 1 aromatic carbocycles. The Morgan fingerprint density at radius 3 is 2.44 bits per heavy atom. The minimum atomic E-state index is -0.757. The second kappa shape index (κ2) is 12.1. The van der Waals surface area contributed by atoms with E-state index in [1.807, 2.05) is 52.0 Å². The number of esters is 1. The molecule has 10 nitrogen and oxygen atoms in total. The summed E-state index contributed by atoms with van der Waals surface area (Å²) >= 11 is 0. The number of hydrogen-bond donors (Lipinski definition) is 3. The maximum absolute atomic E-state index is 12.7. The van der Waals surface area contributed by atoms with Gasteiger partial charge in [0.1, 0.15) is 6.04 Å². The first-order chi connectivity index (χ1) is 17.2. The van der Waals surface area contributed by atoms with E-state index in [2.05, 4.69) is 25.8 Å². The summed E-state index contributed by atoms with van der Waals surface area (Å²) in [7, 11) is 1.29. The largest absolute Gasteiger partial charge is 0.467 e. The van der Waals surface area contributed by atoms with Crippen molar-refractivity contribution in [1.29, 1.82) is 0 Å². The number of methoxy groups -OCH3 is 1. The van der Waals surface area contributed by atoms with E-state index in [0.717, 1.165) is 18.4 Å². The number of ether oxygens (including phenoxy) is 1. The number of carbonyl (C=O) groups is 3. The molecule has 0 radical (unpaired) electrons. The molecule has 3 aromatic rings. The SMILES string of the molecule is CCC(CC)NC(=O)c1cnc(-c2cccc(-c3cc(C(=O)N[C@@H](CC(C)C)C(=O)OC)n[nH]3)c2)o1. The van der Waals surface area contributed by atoms with Crippen molar-refractivity contribution in [3.8, 4) is 22.7 Å². The third kappa shape index (κ3) is 6.59. The number of carbonyl (C=O) groups excluding carboxylic acids is 3. The topological polar surface area (TPSA) is 139 Å². The third-order valence-corrected chi connectivity index (χ3v) is 5.78. The summed E-state index contributed by atoms with van der Waals surface area (Å²) in [5.41, 5.74) is 2.15. The van der Waals surface area contributed by atoms with E-state index in [1.54, 1.807) is 6.07 Å². The molecule has 10 heteroatoms. The highest BCUT2D eigenvalue weighted by Crippen LogP contribution is 2.26. The van der Waals surface area contributed by atoms with Crippen LogP contribution in [0.3, 0.4) is 0 Å². The third-order valence-electron chi connectivity index (χ3n) is 5.78. The maximum Gasteiger partial charge on any atom is 0.328 e. The van der Waals surface area contributed by atoms with Crippen LogP contribution in [0.1, 0.15) is 68.0 Å². The first kappa shape index (κ1) is 26.7. The minimum Gasteiger partial charge on any atom is -0.467 e. The Bertz CT molecular complexity index is 1190. The lowest BCUT2D eigenvalue weighted by Crippen LogP contribution is -2.42. The van der Waals surface area contributed by atoms with E-state index in [-0.39, 0.29) is 29.3 Å². The van der Waals surface area contributed by atoms with Gasteiger partial charge in [-0.1, -0.05) is 39.8 Å². The summed E-state index contributed by atoms with van der Waals surface area (Å²) in [5, 5.41) is 12.6. The van der Waals surface area contributed by atoms with Crippen LogP contribution in [0, 0.1) is 5.92 Å². The molecular weight excluding hydrogens is 462 g/mol. The van der Waals surface area contributed by atoms with E-state index < -0.39 is 17.9 Å². The molecule has 36 heavy (non-hydrogen) atoms. The van der Waals surface area contributed by atoms with Crippen molar-refractivity contribution in [2.24, 2.45) is 5.92 Å². The van der Waals surface area contributed by atoms with Crippen molar-refractivity contribution in [3.63, 3.8) is 0 Å². The smallest absolute Gasteiger partial charge is 0.328 e. The Kier molecular flexibility index (Phi) is 8.99. The number of oxazole rings is 1. The summed E-state index contributed by atoms with van der Waals surface area (Å²) in [5.74, 6) is -0.646. The molecule has 0 fully saturated rings. The monoisotopic (exact) mass is 495 g/mol. The van der Waals surface area contributed by atoms with Gasteiger partial charge < -0.3 is 19.8 Å². The normalized spacial score (nSPS) is 12.0. The lowest BCUT2D eigenvalue weighted by molar-refractivity contribution is -0.143.